The molecule has 2 fully saturated rings. The molecule has 27 heavy (non-hydrogen) atoms. The molecule has 1 atom stereocenters. The Balaban J connectivity index is 1.49. The highest BCUT2D eigenvalue weighted by atomic mass is 16.2. The van der Waals surface area contributed by atoms with Crippen LogP contribution in [0.5, 0.6) is 0 Å². The van der Waals surface area contributed by atoms with E-state index in [1.807, 2.05) is 29.2 Å². The lowest BCUT2D eigenvalue weighted by Gasteiger charge is -2.32. The molecule has 1 aromatic carbocycles. The van der Waals surface area contributed by atoms with Gasteiger partial charge in [0.05, 0.1) is 0 Å². The summed E-state index contributed by atoms with van der Waals surface area (Å²) in [6.07, 6.45) is 2.85. The number of benzene rings is 1. The fourth-order valence-electron chi connectivity index (χ4n) is 3.97. The predicted octanol–water partition coefficient (Wildman–Crippen LogP) is 2.04. The van der Waals surface area contributed by atoms with E-state index in [2.05, 4.69) is 29.5 Å². The molecule has 0 aromatic heterocycles. The maximum atomic E-state index is 12.6. The molecule has 0 aliphatic carbocycles. The number of piperazine rings is 1. The molecule has 2 aliphatic rings. The van der Waals surface area contributed by atoms with Gasteiger partial charge in [-0.15, -0.1) is 0 Å². The number of rotatable bonds is 5. The van der Waals surface area contributed by atoms with E-state index in [9.17, 15) is 9.59 Å². The van der Waals surface area contributed by atoms with Crippen molar-refractivity contribution in [2.75, 3.05) is 51.6 Å². The average molecular weight is 373 g/mol. The lowest BCUT2D eigenvalue weighted by atomic mass is 9.84. The second kappa shape index (κ2) is 9.33. The lowest BCUT2D eigenvalue weighted by Crippen LogP contribution is -2.47. The van der Waals surface area contributed by atoms with Crippen LogP contribution in [0.3, 0.4) is 0 Å². The zero-order valence-electron chi connectivity index (χ0n) is 16.5. The number of piperidine rings is 1. The molecule has 6 nitrogen and oxygen atoms in total. The number of nitrogens with one attached hydrogen (secondary N) is 2. The largest absolute Gasteiger partial charge is 0.336 e. The summed E-state index contributed by atoms with van der Waals surface area (Å²) in [7, 11) is 2.07. The van der Waals surface area contributed by atoms with Crippen LogP contribution in [-0.2, 0) is 4.79 Å². The highest BCUT2D eigenvalue weighted by molar-refractivity contribution is 5.96. The van der Waals surface area contributed by atoms with Crippen molar-refractivity contribution >= 4 is 17.5 Å². The van der Waals surface area contributed by atoms with E-state index in [1.54, 1.807) is 0 Å². The molecule has 6 heteroatoms. The van der Waals surface area contributed by atoms with Gasteiger partial charge in [0.15, 0.2) is 0 Å². The number of amides is 2. The molecular weight excluding hydrogens is 340 g/mol. The van der Waals surface area contributed by atoms with Gasteiger partial charge in [0.1, 0.15) is 0 Å². The number of carbonyl (C=O) groups is 2. The third-order valence-corrected chi connectivity index (χ3v) is 5.90. The molecule has 2 aliphatic heterocycles. The van der Waals surface area contributed by atoms with E-state index < -0.39 is 0 Å². The Morgan fingerprint density at radius 1 is 1.11 bits per heavy atom. The van der Waals surface area contributed by atoms with E-state index in [0.717, 1.165) is 57.8 Å². The molecule has 1 unspecified atom stereocenters. The number of anilines is 1. The van der Waals surface area contributed by atoms with Gasteiger partial charge < -0.3 is 20.4 Å². The van der Waals surface area contributed by atoms with Crippen molar-refractivity contribution in [3.63, 3.8) is 0 Å². The number of hydrogen-bond acceptors (Lipinski definition) is 4. The topological polar surface area (TPSA) is 64.7 Å². The van der Waals surface area contributed by atoms with Crippen LogP contribution in [0.15, 0.2) is 24.3 Å². The Labute approximate surface area is 162 Å². The van der Waals surface area contributed by atoms with Gasteiger partial charge in [0.25, 0.3) is 5.91 Å². The maximum absolute atomic E-state index is 12.6. The Bertz CT molecular complexity index is 632. The summed E-state index contributed by atoms with van der Waals surface area (Å²) in [6, 6.07) is 7.28. The first-order chi connectivity index (χ1) is 13.0. The van der Waals surface area contributed by atoms with Crippen LogP contribution in [0.1, 0.15) is 36.5 Å². The first-order valence-electron chi connectivity index (χ1n) is 10.1. The van der Waals surface area contributed by atoms with Gasteiger partial charge in [-0.3, -0.25) is 9.59 Å². The maximum Gasteiger partial charge on any atom is 0.253 e. The van der Waals surface area contributed by atoms with Crippen LogP contribution < -0.4 is 10.6 Å². The highest BCUT2D eigenvalue weighted by Gasteiger charge is 2.22. The fourth-order valence-corrected chi connectivity index (χ4v) is 3.97. The molecule has 2 N–H and O–H groups in total. The molecule has 0 spiro atoms. The minimum atomic E-state index is 0.0548. The minimum absolute atomic E-state index is 0.0548. The number of nitrogens with zero attached hydrogens (tertiary/aromatic N) is 2. The fraction of sp³-hybridized carbons (Fsp3) is 0.619. The summed E-state index contributed by atoms with van der Waals surface area (Å²) in [5.74, 6) is 1.14. The van der Waals surface area contributed by atoms with Gasteiger partial charge in [0.2, 0.25) is 5.91 Å². The van der Waals surface area contributed by atoms with Crippen molar-refractivity contribution in [3.8, 4) is 0 Å². The van der Waals surface area contributed by atoms with Gasteiger partial charge in [-0.25, -0.2) is 0 Å². The van der Waals surface area contributed by atoms with Gasteiger partial charge in [-0.1, -0.05) is 6.92 Å². The SMILES string of the molecule is CC(CC(=O)Nc1ccc(C(=O)N2CCN(C)CC2)cc1)C1CCNCC1. The standard InChI is InChI=1S/C21H32N4O2/c1-16(17-7-9-22-10-8-17)15-20(26)23-19-5-3-18(4-6-19)21(27)25-13-11-24(2)12-14-25/h3-6,16-17,22H,7-15H2,1-2H3,(H,23,26). The normalized spacial score (nSPS) is 20.3. The summed E-state index contributed by atoms with van der Waals surface area (Å²) < 4.78 is 0. The number of likely N-dealkylation sites (N-methyl/N-ethyl adjacent to an activating group) is 1. The predicted molar refractivity (Wildman–Crippen MR) is 108 cm³/mol. The lowest BCUT2D eigenvalue weighted by molar-refractivity contribution is -0.117. The quantitative estimate of drug-likeness (QED) is 0.830. The summed E-state index contributed by atoms with van der Waals surface area (Å²) in [5.41, 5.74) is 1.44. The third-order valence-electron chi connectivity index (χ3n) is 5.90. The number of carbonyl (C=O) groups excluding carboxylic acids is 2. The summed E-state index contributed by atoms with van der Waals surface area (Å²) in [5, 5.41) is 6.35. The van der Waals surface area contributed by atoms with Crippen LogP contribution in [-0.4, -0.2) is 67.9 Å². The minimum Gasteiger partial charge on any atom is -0.336 e. The van der Waals surface area contributed by atoms with Gasteiger partial charge >= 0.3 is 0 Å². The van der Waals surface area contributed by atoms with E-state index in [1.165, 1.54) is 0 Å². The molecule has 2 heterocycles. The van der Waals surface area contributed by atoms with Crippen molar-refractivity contribution in [1.82, 2.24) is 15.1 Å². The van der Waals surface area contributed by atoms with E-state index >= 15 is 0 Å². The van der Waals surface area contributed by atoms with Crippen LogP contribution in [0.2, 0.25) is 0 Å². The van der Waals surface area contributed by atoms with Crippen LogP contribution in [0.4, 0.5) is 5.69 Å². The molecule has 2 amide bonds. The van der Waals surface area contributed by atoms with Crippen molar-refractivity contribution < 1.29 is 9.59 Å². The summed E-state index contributed by atoms with van der Waals surface area (Å²) >= 11 is 0. The van der Waals surface area contributed by atoms with Crippen LogP contribution in [0.25, 0.3) is 0 Å². The van der Waals surface area contributed by atoms with Gasteiger partial charge in [-0.2, -0.15) is 0 Å². The molecule has 2 saturated heterocycles. The zero-order valence-corrected chi connectivity index (χ0v) is 16.5. The van der Waals surface area contributed by atoms with E-state index in [0.29, 0.717) is 23.8 Å². The highest BCUT2D eigenvalue weighted by Crippen LogP contribution is 2.24. The first-order valence-corrected chi connectivity index (χ1v) is 10.1. The monoisotopic (exact) mass is 372 g/mol. The molecule has 3 rings (SSSR count). The molecule has 148 valence electrons. The molecular formula is C21H32N4O2. The Morgan fingerprint density at radius 2 is 1.74 bits per heavy atom. The zero-order chi connectivity index (χ0) is 19.2. The Hall–Kier alpha value is -1.92. The van der Waals surface area contributed by atoms with Crippen molar-refractivity contribution in [2.45, 2.75) is 26.2 Å². The molecule has 0 saturated carbocycles. The molecule has 0 bridgehead atoms. The average Bonchev–Trinajstić information content (AvgIpc) is 2.69. The summed E-state index contributed by atoms with van der Waals surface area (Å²) in [6.45, 7) is 7.64. The smallest absolute Gasteiger partial charge is 0.253 e. The third kappa shape index (κ3) is 5.53. The van der Waals surface area contributed by atoms with Crippen LogP contribution >= 0.6 is 0 Å². The van der Waals surface area contributed by atoms with E-state index in [4.69, 9.17) is 0 Å². The Morgan fingerprint density at radius 3 is 2.37 bits per heavy atom. The second-order valence-electron chi connectivity index (χ2n) is 7.99. The first kappa shape index (κ1) is 19.8. The van der Waals surface area contributed by atoms with E-state index in [-0.39, 0.29) is 11.8 Å². The summed E-state index contributed by atoms with van der Waals surface area (Å²) in [4.78, 5) is 29.1. The number of hydrogen-bond donors (Lipinski definition) is 2. The van der Waals surface area contributed by atoms with Crippen molar-refractivity contribution in [1.29, 1.82) is 0 Å². The van der Waals surface area contributed by atoms with Crippen molar-refractivity contribution in [3.05, 3.63) is 29.8 Å². The van der Waals surface area contributed by atoms with Crippen LogP contribution in [0, 0.1) is 11.8 Å². The molecule has 0 radical (unpaired) electrons. The van der Waals surface area contributed by atoms with Gasteiger partial charge in [0, 0.05) is 43.9 Å². The van der Waals surface area contributed by atoms with Crippen molar-refractivity contribution in [2.24, 2.45) is 11.8 Å². The molecule has 1 aromatic rings. The second-order valence-corrected chi connectivity index (χ2v) is 7.99. The van der Waals surface area contributed by atoms with Gasteiger partial charge in [-0.05, 0) is 69.1 Å². The Kier molecular flexibility index (Phi) is 6.85.